The fourth-order valence-corrected chi connectivity index (χ4v) is 5.46. The van der Waals surface area contributed by atoms with Crippen molar-refractivity contribution < 1.29 is 0 Å². The first-order chi connectivity index (χ1) is 16.8. The molecule has 0 bridgehead atoms. The van der Waals surface area contributed by atoms with E-state index in [0.29, 0.717) is 12.1 Å². The summed E-state index contributed by atoms with van der Waals surface area (Å²) in [6, 6.07) is 9.15. The third kappa shape index (κ3) is 8.04. The number of unbranched alkanes of at least 4 members (excludes halogenated alkanes) is 3. The smallest absolute Gasteiger partial charge is 0.191 e. The van der Waals surface area contributed by atoms with E-state index in [0.717, 1.165) is 53.5 Å². The quantitative estimate of drug-likeness (QED) is 0.192. The normalized spacial score (nSPS) is 17.4. The molecule has 0 atom stereocenters. The molecule has 0 saturated heterocycles. The summed E-state index contributed by atoms with van der Waals surface area (Å²) in [4.78, 5) is 9.40. The van der Waals surface area contributed by atoms with Crippen LogP contribution in [0, 0.1) is 0 Å². The van der Waals surface area contributed by atoms with Gasteiger partial charge in [-0.15, -0.1) is 0 Å². The molecule has 1 aromatic carbocycles. The van der Waals surface area contributed by atoms with Crippen LogP contribution in [0.3, 0.4) is 0 Å². The zero-order valence-corrected chi connectivity index (χ0v) is 21.4. The van der Waals surface area contributed by atoms with E-state index in [1.807, 2.05) is 30.5 Å². The molecule has 0 aliphatic heterocycles. The van der Waals surface area contributed by atoms with Gasteiger partial charge in [0, 0.05) is 47.5 Å². The Morgan fingerprint density at radius 3 is 2.24 bits per heavy atom. The zero-order valence-electron chi connectivity index (χ0n) is 20.6. The number of pyridine rings is 1. The number of anilines is 1. The van der Waals surface area contributed by atoms with Gasteiger partial charge in [-0.3, -0.25) is 9.98 Å². The molecule has 0 unspecified atom stereocenters. The number of benzene rings is 1. The second-order valence-corrected chi connectivity index (χ2v) is 10.5. The number of aromatic nitrogens is 1. The van der Waals surface area contributed by atoms with Crippen molar-refractivity contribution in [2.75, 3.05) is 18.4 Å². The maximum Gasteiger partial charge on any atom is 0.191 e. The lowest BCUT2D eigenvalue weighted by molar-refractivity contribution is 0.388. The monoisotopic (exact) mass is 483 g/mol. The number of aliphatic imine (C=N–C) groups is 1. The molecule has 2 saturated carbocycles. The fraction of sp³-hybridized carbons (Fsp3) is 0.643. The number of hydrogen-bond donors (Lipinski definition) is 3. The van der Waals surface area contributed by atoms with Crippen molar-refractivity contribution in [1.82, 2.24) is 15.6 Å². The molecule has 5 nitrogen and oxygen atoms in total. The summed E-state index contributed by atoms with van der Waals surface area (Å²) in [5, 5.41) is 13.0. The van der Waals surface area contributed by atoms with E-state index in [4.69, 9.17) is 16.6 Å². The number of guanidine groups is 1. The predicted octanol–water partition coefficient (Wildman–Crippen LogP) is 7.06. The lowest BCUT2D eigenvalue weighted by Crippen LogP contribution is -2.48. The Morgan fingerprint density at radius 2 is 1.53 bits per heavy atom. The summed E-state index contributed by atoms with van der Waals surface area (Å²) in [6.45, 7) is 1.89. The van der Waals surface area contributed by atoms with E-state index in [1.165, 1.54) is 77.0 Å². The van der Waals surface area contributed by atoms with Crippen molar-refractivity contribution in [3.8, 4) is 0 Å². The van der Waals surface area contributed by atoms with Gasteiger partial charge in [-0.25, -0.2) is 0 Å². The Labute approximate surface area is 210 Å². The van der Waals surface area contributed by atoms with Crippen LogP contribution in [-0.4, -0.2) is 36.1 Å². The van der Waals surface area contributed by atoms with Crippen molar-refractivity contribution in [3.63, 3.8) is 0 Å². The first-order valence-corrected chi connectivity index (χ1v) is 14.0. The summed E-state index contributed by atoms with van der Waals surface area (Å²) in [6.07, 6.45) is 20.0. The second-order valence-electron chi connectivity index (χ2n) is 10.0. The largest absolute Gasteiger partial charge is 0.384 e. The summed E-state index contributed by atoms with van der Waals surface area (Å²) in [5.74, 6) is 1.07. The van der Waals surface area contributed by atoms with Crippen LogP contribution in [0.15, 0.2) is 35.5 Å². The molecule has 1 heterocycles. The van der Waals surface area contributed by atoms with Crippen LogP contribution in [0.4, 0.5) is 5.69 Å². The minimum Gasteiger partial charge on any atom is -0.384 e. The summed E-state index contributed by atoms with van der Waals surface area (Å²) in [7, 11) is 0. The van der Waals surface area contributed by atoms with Crippen LogP contribution < -0.4 is 16.0 Å². The first kappa shape index (κ1) is 25.1. The third-order valence-corrected chi connectivity index (χ3v) is 7.50. The molecule has 0 amide bonds. The summed E-state index contributed by atoms with van der Waals surface area (Å²) in [5.41, 5.74) is 2.08. The van der Waals surface area contributed by atoms with E-state index < -0.39 is 0 Å². The highest BCUT2D eigenvalue weighted by molar-refractivity contribution is 6.31. The minimum absolute atomic E-state index is 0.606. The van der Waals surface area contributed by atoms with E-state index in [9.17, 15) is 0 Å². The highest BCUT2D eigenvalue weighted by Crippen LogP contribution is 2.24. The average molecular weight is 484 g/mol. The molecular formula is C28H42ClN5. The van der Waals surface area contributed by atoms with Crippen molar-refractivity contribution in [1.29, 1.82) is 0 Å². The Morgan fingerprint density at radius 1 is 0.853 bits per heavy atom. The van der Waals surface area contributed by atoms with Crippen LogP contribution in [-0.2, 0) is 0 Å². The van der Waals surface area contributed by atoms with Gasteiger partial charge >= 0.3 is 0 Å². The van der Waals surface area contributed by atoms with Gasteiger partial charge in [0.05, 0.1) is 5.52 Å². The number of nitrogens with one attached hydrogen (secondary N) is 3. The highest BCUT2D eigenvalue weighted by Gasteiger charge is 2.18. The van der Waals surface area contributed by atoms with Gasteiger partial charge < -0.3 is 16.0 Å². The van der Waals surface area contributed by atoms with Crippen molar-refractivity contribution in [2.24, 2.45) is 4.99 Å². The molecule has 0 radical (unpaired) electrons. The maximum absolute atomic E-state index is 6.10. The molecule has 34 heavy (non-hydrogen) atoms. The summed E-state index contributed by atoms with van der Waals surface area (Å²) >= 11 is 6.10. The van der Waals surface area contributed by atoms with Crippen LogP contribution in [0.5, 0.6) is 0 Å². The van der Waals surface area contributed by atoms with Crippen LogP contribution in [0.1, 0.15) is 89.9 Å². The number of nitrogens with zero attached hydrogens (tertiary/aromatic N) is 2. The van der Waals surface area contributed by atoms with Gasteiger partial charge in [-0.2, -0.15) is 0 Å². The SMILES string of the molecule is Clc1ccc2c(NCCCCCCN=C(NC3CCCCC3)NC3CCCCC3)ccnc2c1. The molecule has 2 aliphatic rings. The van der Waals surface area contributed by atoms with Crippen LogP contribution >= 0.6 is 11.6 Å². The molecule has 186 valence electrons. The number of hydrogen-bond acceptors (Lipinski definition) is 3. The molecule has 2 fully saturated rings. The number of fused-ring (bicyclic) bond motifs is 1. The van der Waals surface area contributed by atoms with E-state index in [2.05, 4.69) is 20.9 Å². The van der Waals surface area contributed by atoms with E-state index >= 15 is 0 Å². The van der Waals surface area contributed by atoms with Gasteiger partial charge in [-0.05, 0) is 62.8 Å². The van der Waals surface area contributed by atoms with E-state index in [-0.39, 0.29) is 0 Å². The van der Waals surface area contributed by atoms with Gasteiger partial charge in [-0.1, -0.05) is 63.0 Å². The zero-order chi connectivity index (χ0) is 23.4. The Kier molecular flexibility index (Phi) is 10.2. The molecule has 2 aromatic rings. The van der Waals surface area contributed by atoms with Gasteiger partial charge in [0.25, 0.3) is 0 Å². The predicted molar refractivity (Wildman–Crippen MR) is 146 cm³/mol. The topological polar surface area (TPSA) is 61.3 Å². The van der Waals surface area contributed by atoms with Crippen LogP contribution in [0.25, 0.3) is 10.9 Å². The molecule has 1 aromatic heterocycles. The molecular weight excluding hydrogens is 442 g/mol. The Bertz CT molecular complexity index is 881. The van der Waals surface area contributed by atoms with Crippen molar-refractivity contribution in [3.05, 3.63) is 35.5 Å². The van der Waals surface area contributed by atoms with Crippen molar-refractivity contribution in [2.45, 2.75) is 102 Å². The van der Waals surface area contributed by atoms with Gasteiger partial charge in [0.1, 0.15) is 0 Å². The van der Waals surface area contributed by atoms with Gasteiger partial charge in [0.15, 0.2) is 5.96 Å². The molecule has 4 rings (SSSR count). The van der Waals surface area contributed by atoms with Gasteiger partial charge in [0.2, 0.25) is 0 Å². The third-order valence-electron chi connectivity index (χ3n) is 7.27. The molecule has 2 aliphatic carbocycles. The molecule has 3 N–H and O–H groups in total. The minimum atomic E-state index is 0.606. The second kappa shape index (κ2) is 13.8. The number of halogens is 1. The standard InChI is InChI=1S/C28H42ClN5/c29-22-15-16-25-26(17-20-31-27(25)21-22)30-18-9-1-2-10-19-32-28(33-23-11-5-3-6-12-23)34-24-13-7-4-8-14-24/h15-17,20-21,23-24H,1-14,18-19H2,(H,30,31)(H2,32,33,34). The lowest BCUT2D eigenvalue weighted by atomic mass is 9.95. The number of rotatable bonds is 10. The lowest BCUT2D eigenvalue weighted by Gasteiger charge is -2.29. The highest BCUT2D eigenvalue weighted by atomic mass is 35.5. The average Bonchev–Trinajstić information content (AvgIpc) is 2.86. The van der Waals surface area contributed by atoms with E-state index in [1.54, 1.807) is 0 Å². The van der Waals surface area contributed by atoms with Crippen LogP contribution in [0.2, 0.25) is 5.02 Å². The van der Waals surface area contributed by atoms with Crippen molar-refractivity contribution >= 4 is 34.2 Å². The molecule has 0 spiro atoms. The Balaban J connectivity index is 1.16. The molecule has 6 heteroatoms. The fourth-order valence-electron chi connectivity index (χ4n) is 5.29. The Hall–Kier alpha value is -2.01. The summed E-state index contributed by atoms with van der Waals surface area (Å²) < 4.78 is 0. The first-order valence-electron chi connectivity index (χ1n) is 13.6. The maximum atomic E-state index is 6.10.